The summed E-state index contributed by atoms with van der Waals surface area (Å²) >= 11 is 0. The summed E-state index contributed by atoms with van der Waals surface area (Å²) in [7, 11) is 0. The van der Waals surface area contributed by atoms with Crippen LogP contribution in [0, 0.1) is 12.8 Å². The van der Waals surface area contributed by atoms with Crippen LogP contribution in [0.4, 0.5) is 13.2 Å². The van der Waals surface area contributed by atoms with Crippen LogP contribution in [0.2, 0.25) is 0 Å². The van der Waals surface area contributed by atoms with Crippen molar-refractivity contribution in [1.82, 2.24) is 15.0 Å². The van der Waals surface area contributed by atoms with Crippen LogP contribution in [0.15, 0.2) is 35.1 Å². The van der Waals surface area contributed by atoms with Crippen LogP contribution in [0.1, 0.15) is 41.9 Å². The Kier molecular flexibility index (Phi) is 8.13. The molecule has 2 aromatic heterocycles. The van der Waals surface area contributed by atoms with Gasteiger partial charge in [0.15, 0.2) is 0 Å². The number of aliphatic carboxylic acids is 1. The molecule has 4 heterocycles. The van der Waals surface area contributed by atoms with Gasteiger partial charge in [-0.2, -0.15) is 13.2 Å². The van der Waals surface area contributed by atoms with E-state index in [9.17, 15) is 18.0 Å². The van der Waals surface area contributed by atoms with Crippen LogP contribution in [0.5, 0.6) is 5.75 Å². The van der Waals surface area contributed by atoms with Gasteiger partial charge in [-0.1, -0.05) is 5.16 Å². The summed E-state index contributed by atoms with van der Waals surface area (Å²) in [4.78, 5) is 27.4. The van der Waals surface area contributed by atoms with Crippen LogP contribution in [-0.2, 0) is 9.53 Å². The molecule has 2 aromatic rings. The summed E-state index contributed by atoms with van der Waals surface area (Å²) in [5.74, 6) is -1.27. The number of carbonyl (C=O) groups excluding carboxylic acids is 1. The van der Waals surface area contributed by atoms with Gasteiger partial charge in [-0.3, -0.25) is 9.78 Å². The molecule has 12 heteroatoms. The highest BCUT2D eigenvalue weighted by atomic mass is 19.4. The standard InChI is InChI=1S/C20H25N3O4.C2HF3O2/c1-15-13-18(27-22-15)19(24)23-9-6-20(7-10-23)16(5-12-26-20)4-11-25-17-3-2-8-21-14-17;3-2(4,5)1(6)7/h2-3,8,13-14,16H,4-7,9-12H2,1H3;(H,6,7). The average molecular weight is 485 g/mol. The Morgan fingerprint density at radius 2 is 2.03 bits per heavy atom. The second-order valence-electron chi connectivity index (χ2n) is 8.15. The Morgan fingerprint density at radius 3 is 2.59 bits per heavy atom. The van der Waals surface area contributed by atoms with E-state index in [-0.39, 0.29) is 11.5 Å². The Bertz CT molecular complexity index is 958. The molecule has 0 radical (unpaired) electrons. The van der Waals surface area contributed by atoms with Gasteiger partial charge in [0.1, 0.15) is 5.75 Å². The third-order valence-corrected chi connectivity index (χ3v) is 5.95. The number of piperidine rings is 1. The van der Waals surface area contributed by atoms with Gasteiger partial charge in [-0.25, -0.2) is 4.79 Å². The monoisotopic (exact) mass is 485 g/mol. The Morgan fingerprint density at radius 1 is 1.32 bits per heavy atom. The number of hydrogen-bond acceptors (Lipinski definition) is 7. The zero-order chi connectivity index (χ0) is 24.8. The number of carbonyl (C=O) groups is 2. The van der Waals surface area contributed by atoms with Crippen molar-refractivity contribution in [3.63, 3.8) is 0 Å². The number of carboxylic acids is 1. The summed E-state index contributed by atoms with van der Waals surface area (Å²) < 4.78 is 48.9. The smallest absolute Gasteiger partial charge is 0.490 e. The molecule has 1 atom stereocenters. The van der Waals surface area contributed by atoms with Gasteiger partial charge in [0, 0.05) is 32.0 Å². The molecular formula is C22H26F3N3O6. The normalized spacial score (nSPS) is 19.4. The number of halogens is 3. The topological polar surface area (TPSA) is 115 Å². The molecule has 0 saturated carbocycles. The molecule has 34 heavy (non-hydrogen) atoms. The van der Waals surface area contributed by atoms with E-state index >= 15 is 0 Å². The van der Waals surface area contributed by atoms with Gasteiger partial charge >= 0.3 is 12.1 Å². The fraction of sp³-hybridized carbons (Fsp3) is 0.545. The number of rotatable bonds is 5. The number of hydrogen-bond donors (Lipinski definition) is 1. The molecule has 0 aliphatic carbocycles. The fourth-order valence-electron chi connectivity index (χ4n) is 4.21. The number of carboxylic acid groups (broad SMARTS) is 1. The number of aromatic nitrogens is 2. The molecule has 2 saturated heterocycles. The number of pyridine rings is 1. The van der Waals surface area contributed by atoms with Crippen molar-refractivity contribution in [2.24, 2.45) is 5.92 Å². The quantitative estimate of drug-likeness (QED) is 0.685. The van der Waals surface area contributed by atoms with Crippen molar-refractivity contribution in [2.45, 2.75) is 44.4 Å². The first-order chi connectivity index (χ1) is 16.1. The van der Waals surface area contributed by atoms with Crippen molar-refractivity contribution >= 4 is 11.9 Å². The maximum atomic E-state index is 12.6. The summed E-state index contributed by atoms with van der Waals surface area (Å²) in [6.07, 6.45) is 2.08. The van der Waals surface area contributed by atoms with Crippen LogP contribution in [0.25, 0.3) is 0 Å². The Hall–Kier alpha value is -3.15. The number of alkyl halides is 3. The summed E-state index contributed by atoms with van der Waals surface area (Å²) in [6, 6.07) is 5.48. The zero-order valence-electron chi connectivity index (χ0n) is 18.6. The minimum atomic E-state index is -5.08. The first-order valence-electron chi connectivity index (χ1n) is 10.8. The van der Waals surface area contributed by atoms with Crippen LogP contribution in [-0.4, -0.2) is 70.1 Å². The molecule has 2 aliphatic heterocycles. The number of likely N-dealkylation sites (tertiary alicyclic amines) is 1. The molecule has 0 aromatic carbocycles. The molecule has 9 nitrogen and oxygen atoms in total. The van der Waals surface area contributed by atoms with Crippen molar-refractivity contribution in [3.05, 3.63) is 42.0 Å². The highest BCUT2D eigenvalue weighted by molar-refractivity contribution is 5.91. The van der Waals surface area contributed by atoms with E-state index in [1.165, 1.54) is 0 Å². The molecule has 2 fully saturated rings. The van der Waals surface area contributed by atoms with Crippen molar-refractivity contribution < 1.29 is 41.9 Å². The van der Waals surface area contributed by atoms with Gasteiger partial charge in [-0.05, 0) is 50.7 Å². The van der Waals surface area contributed by atoms with E-state index < -0.39 is 12.1 Å². The fourth-order valence-corrected chi connectivity index (χ4v) is 4.21. The average Bonchev–Trinajstić information content (AvgIpc) is 3.41. The predicted molar refractivity (Wildman–Crippen MR) is 111 cm³/mol. The van der Waals surface area contributed by atoms with Crippen molar-refractivity contribution in [3.8, 4) is 5.75 Å². The lowest BCUT2D eigenvalue weighted by Crippen LogP contribution is -2.49. The minimum Gasteiger partial charge on any atom is -0.492 e. The molecule has 1 N–H and O–H groups in total. The number of aryl methyl sites for hydroxylation is 1. The lowest BCUT2D eigenvalue weighted by Gasteiger charge is -2.42. The lowest BCUT2D eigenvalue weighted by molar-refractivity contribution is -0.192. The molecule has 186 valence electrons. The van der Waals surface area contributed by atoms with E-state index in [4.69, 9.17) is 23.9 Å². The maximum Gasteiger partial charge on any atom is 0.490 e. The Balaban J connectivity index is 0.000000406. The van der Waals surface area contributed by atoms with Crippen LogP contribution < -0.4 is 4.74 Å². The van der Waals surface area contributed by atoms with Crippen molar-refractivity contribution in [2.75, 3.05) is 26.3 Å². The van der Waals surface area contributed by atoms with E-state index in [1.807, 2.05) is 24.0 Å². The van der Waals surface area contributed by atoms with Crippen LogP contribution >= 0.6 is 0 Å². The number of nitrogens with zero attached hydrogens (tertiary/aromatic N) is 3. The van der Waals surface area contributed by atoms with Gasteiger partial charge in [0.2, 0.25) is 5.76 Å². The second-order valence-corrected chi connectivity index (χ2v) is 8.15. The first-order valence-corrected chi connectivity index (χ1v) is 10.8. The third kappa shape index (κ3) is 6.46. The number of amides is 1. The molecule has 1 amide bonds. The Labute approximate surface area is 193 Å². The largest absolute Gasteiger partial charge is 0.492 e. The van der Waals surface area contributed by atoms with Gasteiger partial charge in [-0.15, -0.1) is 0 Å². The maximum absolute atomic E-state index is 12.6. The first kappa shape index (κ1) is 25.5. The third-order valence-electron chi connectivity index (χ3n) is 5.95. The second kappa shape index (κ2) is 10.9. The van der Waals surface area contributed by atoms with Gasteiger partial charge in [0.25, 0.3) is 5.91 Å². The number of ether oxygens (including phenoxy) is 2. The highest BCUT2D eigenvalue weighted by Gasteiger charge is 2.46. The van der Waals surface area contributed by atoms with E-state index in [2.05, 4.69) is 10.1 Å². The SMILES string of the molecule is Cc1cc(C(=O)N2CCC3(CC2)OCCC3CCOc2cccnc2)on1.O=C(O)C(F)(F)F. The summed E-state index contributed by atoms with van der Waals surface area (Å²) in [6.45, 7) is 4.61. The molecule has 4 rings (SSSR count). The van der Waals surface area contributed by atoms with E-state index in [0.717, 1.165) is 43.7 Å². The lowest BCUT2D eigenvalue weighted by atomic mass is 9.78. The van der Waals surface area contributed by atoms with Gasteiger partial charge < -0.3 is 24.0 Å². The van der Waals surface area contributed by atoms with Gasteiger partial charge in [0.05, 0.1) is 24.1 Å². The minimum absolute atomic E-state index is 0.0834. The molecular weight excluding hydrogens is 459 g/mol. The predicted octanol–water partition coefficient (Wildman–Crippen LogP) is 3.49. The molecule has 2 aliphatic rings. The summed E-state index contributed by atoms with van der Waals surface area (Å²) in [5, 5.41) is 10.9. The van der Waals surface area contributed by atoms with Crippen LogP contribution in [0.3, 0.4) is 0 Å². The van der Waals surface area contributed by atoms with Crippen molar-refractivity contribution in [1.29, 1.82) is 0 Å². The summed E-state index contributed by atoms with van der Waals surface area (Å²) in [5.41, 5.74) is 0.589. The van der Waals surface area contributed by atoms with E-state index in [1.54, 1.807) is 18.5 Å². The highest BCUT2D eigenvalue weighted by Crippen LogP contribution is 2.42. The molecule has 0 bridgehead atoms. The molecule has 1 unspecified atom stereocenters. The molecule has 1 spiro atoms. The van der Waals surface area contributed by atoms with E-state index in [0.29, 0.717) is 31.4 Å². The zero-order valence-corrected chi connectivity index (χ0v) is 18.6.